The average molecular weight is 628 g/mol. The van der Waals surface area contributed by atoms with Crippen LogP contribution in [0.25, 0.3) is 11.1 Å². The maximum atomic E-state index is 15.2. The van der Waals surface area contributed by atoms with E-state index in [4.69, 9.17) is 4.74 Å². The Kier molecular flexibility index (Phi) is 8.92. The van der Waals surface area contributed by atoms with E-state index in [2.05, 4.69) is 64.4 Å². The first-order valence-corrected chi connectivity index (χ1v) is 17.3. The van der Waals surface area contributed by atoms with Crippen LogP contribution in [0.2, 0.25) is 0 Å². The van der Waals surface area contributed by atoms with Gasteiger partial charge in [-0.25, -0.2) is 12.8 Å². The summed E-state index contributed by atoms with van der Waals surface area (Å²) >= 11 is 0. The van der Waals surface area contributed by atoms with E-state index < -0.39 is 15.7 Å². The Bertz CT molecular complexity index is 1790. The monoisotopic (exact) mass is 627 g/mol. The molecule has 2 heterocycles. The first-order chi connectivity index (χ1) is 21.7. The van der Waals surface area contributed by atoms with Crippen molar-refractivity contribution in [1.82, 2.24) is 9.80 Å². The number of nitrogens with zero attached hydrogens (tertiary/aromatic N) is 3. The molecule has 0 unspecified atom stereocenters. The lowest BCUT2D eigenvalue weighted by Crippen LogP contribution is -2.45. The smallest absolute Gasteiger partial charge is 0.254 e. The van der Waals surface area contributed by atoms with Crippen LogP contribution in [0.3, 0.4) is 0 Å². The SMILES string of the molecule is CCc1c(C(=O)N2CCOc3ccc(-c4ccc(N5CCN(Cc6ccccc6)CC5)cc4)cc3C2)ccc(S(C)(=O)=O)c1F. The van der Waals surface area contributed by atoms with Gasteiger partial charge >= 0.3 is 0 Å². The normalized spacial score (nSPS) is 15.7. The fourth-order valence-corrected chi connectivity index (χ4v) is 6.98. The van der Waals surface area contributed by atoms with Crippen LogP contribution in [0.15, 0.2) is 89.8 Å². The zero-order chi connectivity index (χ0) is 31.6. The van der Waals surface area contributed by atoms with Gasteiger partial charge < -0.3 is 14.5 Å². The molecule has 9 heteroatoms. The van der Waals surface area contributed by atoms with Gasteiger partial charge in [0.15, 0.2) is 9.84 Å². The van der Waals surface area contributed by atoms with Gasteiger partial charge in [-0.2, -0.15) is 0 Å². The Morgan fingerprint density at radius 1 is 0.867 bits per heavy atom. The predicted octanol–water partition coefficient (Wildman–Crippen LogP) is 5.82. The molecule has 2 aliphatic rings. The van der Waals surface area contributed by atoms with Gasteiger partial charge in [-0.1, -0.05) is 55.5 Å². The number of rotatable bonds is 7. The number of hydrogen-bond acceptors (Lipinski definition) is 6. The van der Waals surface area contributed by atoms with Crippen molar-refractivity contribution < 1.29 is 22.3 Å². The quantitative estimate of drug-likeness (QED) is 0.258. The fourth-order valence-electron chi connectivity index (χ4n) is 6.22. The predicted molar refractivity (Wildman–Crippen MR) is 175 cm³/mol. The first kappa shape index (κ1) is 30.8. The van der Waals surface area contributed by atoms with E-state index >= 15 is 4.39 Å². The van der Waals surface area contributed by atoms with Crippen molar-refractivity contribution in [3.05, 3.63) is 113 Å². The molecule has 1 amide bonds. The summed E-state index contributed by atoms with van der Waals surface area (Å²) in [6, 6.07) is 27.8. The number of hydrogen-bond donors (Lipinski definition) is 0. The molecule has 4 aromatic carbocycles. The lowest BCUT2D eigenvalue weighted by molar-refractivity contribution is 0.0731. The number of piperazine rings is 1. The summed E-state index contributed by atoms with van der Waals surface area (Å²) < 4.78 is 45.3. The molecule has 0 N–H and O–H groups in total. The summed E-state index contributed by atoms with van der Waals surface area (Å²) in [4.78, 5) is 19.8. The van der Waals surface area contributed by atoms with Crippen LogP contribution >= 0.6 is 0 Å². The summed E-state index contributed by atoms with van der Waals surface area (Å²) in [5.74, 6) is -0.480. The minimum absolute atomic E-state index is 0.111. The molecular weight excluding hydrogens is 589 g/mol. The van der Waals surface area contributed by atoms with E-state index in [1.165, 1.54) is 23.4 Å². The van der Waals surface area contributed by atoms with Crippen molar-refractivity contribution in [3.8, 4) is 16.9 Å². The molecule has 45 heavy (non-hydrogen) atoms. The second-order valence-corrected chi connectivity index (χ2v) is 13.7. The van der Waals surface area contributed by atoms with E-state index in [1.54, 1.807) is 11.8 Å². The third-order valence-corrected chi connectivity index (χ3v) is 9.82. The highest BCUT2D eigenvalue weighted by molar-refractivity contribution is 7.90. The molecule has 0 spiro atoms. The largest absolute Gasteiger partial charge is 0.491 e. The second kappa shape index (κ2) is 13.0. The number of ether oxygens (including phenoxy) is 1. The number of carbonyl (C=O) groups excluding carboxylic acids is 1. The molecule has 4 aromatic rings. The van der Waals surface area contributed by atoms with E-state index in [9.17, 15) is 13.2 Å². The fraction of sp³-hybridized carbons (Fsp3) is 0.306. The molecular formula is C36H38FN3O4S. The van der Waals surface area contributed by atoms with Gasteiger partial charge in [0, 0.05) is 67.9 Å². The summed E-state index contributed by atoms with van der Waals surface area (Å²) in [6.45, 7) is 7.61. The summed E-state index contributed by atoms with van der Waals surface area (Å²) in [7, 11) is -3.76. The van der Waals surface area contributed by atoms with Crippen molar-refractivity contribution in [1.29, 1.82) is 0 Å². The van der Waals surface area contributed by atoms with E-state index in [0.29, 0.717) is 25.4 Å². The summed E-state index contributed by atoms with van der Waals surface area (Å²) in [5.41, 5.74) is 5.79. The number of sulfone groups is 1. The van der Waals surface area contributed by atoms with Gasteiger partial charge in [-0.05, 0) is 59.5 Å². The highest BCUT2D eigenvalue weighted by Crippen LogP contribution is 2.32. The standard InChI is InChI=1S/C36H38FN3O4S/c1-3-31-32(14-16-34(35(31)37)45(2,42)43)36(41)40-21-22-44-33-15-11-28(23-29(33)25-40)27-9-12-30(13-10-27)39-19-17-38(18-20-39)24-26-7-5-4-6-8-26/h4-16,23H,3,17-22,24-25H2,1-2H3. The van der Waals surface area contributed by atoms with Gasteiger partial charge in [-0.15, -0.1) is 0 Å². The van der Waals surface area contributed by atoms with Gasteiger partial charge in [-0.3, -0.25) is 9.69 Å². The first-order valence-electron chi connectivity index (χ1n) is 15.4. The van der Waals surface area contributed by atoms with Crippen LogP contribution in [0.5, 0.6) is 5.75 Å². The third-order valence-electron chi connectivity index (χ3n) is 8.71. The molecule has 0 bridgehead atoms. The highest BCUT2D eigenvalue weighted by Gasteiger charge is 2.27. The Morgan fingerprint density at radius 2 is 1.58 bits per heavy atom. The molecule has 1 fully saturated rings. The van der Waals surface area contributed by atoms with Crippen LogP contribution in [0.1, 0.15) is 34.0 Å². The van der Waals surface area contributed by atoms with Crippen LogP contribution in [-0.2, 0) is 29.3 Å². The van der Waals surface area contributed by atoms with Crippen LogP contribution in [0.4, 0.5) is 10.1 Å². The Morgan fingerprint density at radius 3 is 2.27 bits per heavy atom. The van der Waals surface area contributed by atoms with Crippen molar-refractivity contribution in [2.24, 2.45) is 0 Å². The second-order valence-electron chi connectivity index (χ2n) is 11.7. The Balaban J connectivity index is 1.15. The van der Waals surface area contributed by atoms with E-state index in [-0.39, 0.29) is 28.4 Å². The Labute approximate surface area is 264 Å². The van der Waals surface area contributed by atoms with Crippen molar-refractivity contribution >= 4 is 21.4 Å². The van der Waals surface area contributed by atoms with Crippen LogP contribution in [0, 0.1) is 5.82 Å². The number of fused-ring (bicyclic) bond motifs is 1. The molecule has 0 aromatic heterocycles. The minimum atomic E-state index is -3.76. The molecule has 1 saturated heterocycles. The maximum absolute atomic E-state index is 15.2. The molecule has 234 valence electrons. The van der Waals surface area contributed by atoms with Gasteiger partial charge in [0.1, 0.15) is 23.1 Å². The highest BCUT2D eigenvalue weighted by atomic mass is 32.2. The van der Waals surface area contributed by atoms with Gasteiger partial charge in [0.05, 0.1) is 6.54 Å². The minimum Gasteiger partial charge on any atom is -0.491 e. The van der Waals surface area contributed by atoms with Gasteiger partial charge in [0.25, 0.3) is 5.91 Å². The molecule has 7 nitrogen and oxygen atoms in total. The van der Waals surface area contributed by atoms with Gasteiger partial charge in [0.2, 0.25) is 0 Å². The average Bonchev–Trinajstić information content (AvgIpc) is 3.27. The molecule has 0 radical (unpaired) electrons. The lowest BCUT2D eigenvalue weighted by Gasteiger charge is -2.36. The summed E-state index contributed by atoms with van der Waals surface area (Å²) in [5, 5.41) is 0. The number of anilines is 1. The number of benzene rings is 4. The number of amides is 1. The zero-order valence-electron chi connectivity index (χ0n) is 25.7. The summed E-state index contributed by atoms with van der Waals surface area (Å²) in [6.07, 6.45) is 1.16. The van der Waals surface area contributed by atoms with Crippen LogP contribution < -0.4 is 9.64 Å². The van der Waals surface area contributed by atoms with E-state index in [1.807, 2.05) is 18.2 Å². The van der Waals surface area contributed by atoms with Crippen molar-refractivity contribution in [2.75, 3.05) is 50.5 Å². The molecule has 0 atom stereocenters. The third kappa shape index (κ3) is 6.74. The Hall–Kier alpha value is -4.21. The lowest BCUT2D eigenvalue weighted by atomic mass is 10.0. The molecule has 0 saturated carbocycles. The van der Waals surface area contributed by atoms with Crippen molar-refractivity contribution in [2.45, 2.75) is 31.3 Å². The number of carbonyl (C=O) groups is 1. The maximum Gasteiger partial charge on any atom is 0.254 e. The van der Waals surface area contributed by atoms with E-state index in [0.717, 1.165) is 55.7 Å². The van der Waals surface area contributed by atoms with Crippen molar-refractivity contribution in [3.63, 3.8) is 0 Å². The molecule has 0 aliphatic carbocycles. The molecule has 2 aliphatic heterocycles. The number of halogens is 1. The molecule has 6 rings (SSSR count). The van der Waals surface area contributed by atoms with Crippen LogP contribution in [-0.4, -0.2) is 69.7 Å². The zero-order valence-corrected chi connectivity index (χ0v) is 26.5. The topological polar surface area (TPSA) is 70.2 Å².